The van der Waals surface area contributed by atoms with E-state index in [1.54, 1.807) is 6.08 Å². The third-order valence-corrected chi connectivity index (χ3v) is 15.5. The minimum atomic E-state index is -1.80. The molecule has 2 aliphatic heterocycles. The fraction of sp³-hybridized carbons (Fsp3) is 0.779. The molecule has 2 rings (SSSR count). The standard InChI is InChI=1S/C68H119NO13/c1-3-5-7-9-11-13-15-17-19-21-23-24-25-26-27-28-29-30-31-32-34-35-37-39-41-43-45-47-49-51-57(72)56(69-60(73)52-50-48-46-44-42-40-38-36-33-22-20-18-16-14-12-10-8-6-4-2)55-79-67-65(78)63(76)66(59(54-71)81-67)82-68-64(77)62(75)61(74)58(53-70)80-68/h6,8,12,14,18,20,33-36,41,43,49,51,56-59,61-68,70-72,74-78H,3-5,7,9-11,13,15-17,19,21-32,37-40,42,44-48,50,52-55H2,1-2H3,(H,69,73)/b8-6-,14-12-,20-18-,35-34+,36-33-,43-41+,51-49+. The molecule has 9 N–H and O–H groups in total. The van der Waals surface area contributed by atoms with Gasteiger partial charge in [-0.25, -0.2) is 0 Å². The molecular formula is C68H119NO13. The van der Waals surface area contributed by atoms with Crippen molar-refractivity contribution in [1.82, 2.24) is 5.32 Å². The molecule has 2 aliphatic rings. The van der Waals surface area contributed by atoms with E-state index in [2.05, 4.69) is 92.1 Å². The number of nitrogens with one attached hydrogen (secondary N) is 1. The number of ether oxygens (including phenoxy) is 4. The lowest BCUT2D eigenvalue weighted by Crippen LogP contribution is -2.65. The van der Waals surface area contributed by atoms with E-state index in [1.807, 2.05) is 6.08 Å². The largest absolute Gasteiger partial charge is 0.394 e. The Bertz CT molecular complexity index is 1700. The third kappa shape index (κ3) is 36.9. The lowest BCUT2D eigenvalue weighted by molar-refractivity contribution is -0.359. The van der Waals surface area contributed by atoms with Crippen LogP contribution in [-0.2, 0) is 23.7 Å². The van der Waals surface area contributed by atoms with Crippen molar-refractivity contribution in [2.24, 2.45) is 0 Å². The Labute approximate surface area is 497 Å². The number of aliphatic hydroxyl groups is 8. The SMILES string of the molecule is CC/C=C\C/C=C\C/C=C\C/C=C\CCCCCCCCC(=O)NC(COC1OC(CO)C(OC2OC(CO)C(O)C(O)C2O)C(O)C1O)C(O)/C=C/CC/C=C/CC/C=C/CCCCCCCCCCCCCCCCCCCCC. The van der Waals surface area contributed by atoms with Crippen LogP contribution in [0.1, 0.15) is 245 Å². The molecule has 12 atom stereocenters. The Kier molecular flexibility index (Phi) is 48.2. The van der Waals surface area contributed by atoms with Gasteiger partial charge in [-0.2, -0.15) is 0 Å². The van der Waals surface area contributed by atoms with Gasteiger partial charge in [0, 0.05) is 6.42 Å². The van der Waals surface area contributed by atoms with E-state index in [0.717, 1.165) is 89.9 Å². The van der Waals surface area contributed by atoms with Gasteiger partial charge < -0.3 is 65.1 Å². The zero-order valence-electron chi connectivity index (χ0n) is 51.2. The molecule has 1 amide bonds. The van der Waals surface area contributed by atoms with Crippen molar-refractivity contribution in [2.75, 3.05) is 19.8 Å². The van der Waals surface area contributed by atoms with Crippen LogP contribution in [-0.4, -0.2) is 140 Å². The first-order chi connectivity index (χ1) is 40.1. The van der Waals surface area contributed by atoms with Crippen molar-refractivity contribution < 1.29 is 64.6 Å². The molecule has 14 heteroatoms. The quantitative estimate of drug-likeness (QED) is 0.0204. The number of rotatable bonds is 52. The molecule has 2 saturated heterocycles. The Morgan fingerprint density at radius 2 is 0.854 bits per heavy atom. The van der Waals surface area contributed by atoms with Crippen molar-refractivity contribution in [3.63, 3.8) is 0 Å². The second kappa shape index (κ2) is 52.5. The minimum Gasteiger partial charge on any atom is -0.394 e. The average Bonchev–Trinajstić information content (AvgIpc) is 3.67. The highest BCUT2D eigenvalue weighted by Gasteiger charge is 2.51. The number of hydrogen-bond acceptors (Lipinski definition) is 13. The van der Waals surface area contributed by atoms with E-state index in [4.69, 9.17) is 18.9 Å². The second-order valence-corrected chi connectivity index (χ2v) is 22.8. The number of allylic oxidation sites excluding steroid dienone is 13. The van der Waals surface area contributed by atoms with Gasteiger partial charge in [0.1, 0.15) is 48.8 Å². The molecule has 0 aromatic carbocycles. The molecule has 82 heavy (non-hydrogen) atoms. The van der Waals surface area contributed by atoms with Crippen molar-refractivity contribution in [3.8, 4) is 0 Å². The van der Waals surface area contributed by atoms with Crippen LogP contribution in [0.3, 0.4) is 0 Å². The summed E-state index contributed by atoms with van der Waals surface area (Å²) >= 11 is 0. The van der Waals surface area contributed by atoms with Crippen LogP contribution < -0.4 is 5.32 Å². The third-order valence-electron chi connectivity index (χ3n) is 15.5. The molecule has 0 radical (unpaired) electrons. The summed E-state index contributed by atoms with van der Waals surface area (Å²) in [7, 11) is 0. The molecular weight excluding hydrogens is 1040 g/mol. The summed E-state index contributed by atoms with van der Waals surface area (Å²) in [4.78, 5) is 13.3. The predicted octanol–water partition coefficient (Wildman–Crippen LogP) is 12.4. The summed E-state index contributed by atoms with van der Waals surface area (Å²) in [6, 6.07) is -0.952. The van der Waals surface area contributed by atoms with Crippen LogP contribution >= 0.6 is 0 Å². The highest BCUT2D eigenvalue weighted by molar-refractivity contribution is 5.76. The van der Waals surface area contributed by atoms with E-state index in [1.165, 1.54) is 122 Å². The van der Waals surface area contributed by atoms with Crippen molar-refractivity contribution in [1.29, 1.82) is 0 Å². The summed E-state index contributed by atoms with van der Waals surface area (Å²) in [6.45, 7) is 2.66. The lowest BCUT2D eigenvalue weighted by Gasteiger charge is -2.46. The average molecular weight is 1160 g/mol. The first-order valence-corrected chi connectivity index (χ1v) is 32.8. The van der Waals surface area contributed by atoms with Gasteiger partial charge in [0.05, 0.1) is 32.0 Å². The zero-order valence-corrected chi connectivity index (χ0v) is 51.2. The molecule has 0 aliphatic carbocycles. The zero-order chi connectivity index (χ0) is 59.5. The monoisotopic (exact) mass is 1160 g/mol. The summed E-state index contributed by atoms with van der Waals surface area (Å²) < 4.78 is 22.8. The smallest absolute Gasteiger partial charge is 0.220 e. The van der Waals surface area contributed by atoms with Gasteiger partial charge in [-0.15, -0.1) is 0 Å². The molecule has 0 aromatic rings. The van der Waals surface area contributed by atoms with Crippen molar-refractivity contribution in [3.05, 3.63) is 85.1 Å². The van der Waals surface area contributed by atoms with Crippen LogP contribution in [0.5, 0.6) is 0 Å². The lowest BCUT2D eigenvalue weighted by atomic mass is 9.97. The maximum absolute atomic E-state index is 13.3. The van der Waals surface area contributed by atoms with Gasteiger partial charge in [0.15, 0.2) is 12.6 Å². The Balaban J connectivity index is 1.74. The van der Waals surface area contributed by atoms with Crippen molar-refractivity contribution in [2.45, 2.75) is 319 Å². The normalized spacial score (nSPS) is 24.5. The Morgan fingerprint density at radius 1 is 0.451 bits per heavy atom. The van der Waals surface area contributed by atoms with Gasteiger partial charge in [0.2, 0.25) is 5.91 Å². The fourth-order valence-electron chi connectivity index (χ4n) is 10.3. The maximum atomic E-state index is 13.3. The number of aliphatic hydroxyl groups excluding tert-OH is 8. The van der Waals surface area contributed by atoms with Crippen LogP contribution in [0, 0.1) is 0 Å². The Hall–Kier alpha value is -2.83. The van der Waals surface area contributed by atoms with E-state index >= 15 is 0 Å². The summed E-state index contributed by atoms with van der Waals surface area (Å²) in [5.41, 5.74) is 0. The molecule has 474 valence electrons. The van der Waals surface area contributed by atoms with E-state index in [-0.39, 0.29) is 18.9 Å². The van der Waals surface area contributed by atoms with E-state index in [9.17, 15) is 45.6 Å². The Morgan fingerprint density at radius 3 is 1.34 bits per heavy atom. The van der Waals surface area contributed by atoms with Crippen LogP contribution in [0.4, 0.5) is 0 Å². The summed E-state index contributed by atoms with van der Waals surface area (Å²) in [5, 5.41) is 87.2. The molecule has 2 fully saturated rings. The van der Waals surface area contributed by atoms with Crippen LogP contribution in [0.25, 0.3) is 0 Å². The number of unbranched alkanes of at least 4 members (excludes halogenated alkanes) is 27. The van der Waals surface area contributed by atoms with Crippen LogP contribution in [0.15, 0.2) is 85.1 Å². The molecule has 0 bridgehead atoms. The topological polar surface area (TPSA) is 228 Å². The van der Waals surface area contributed by atoms with Gasteiger partial charge >= 0.3 is 0 Å². The number of amides is 1. The van der Waals surface area contributed by atoms with Crippen LogP contribution in [0.2, 0.25) is 0 Å². The van der Waals surface area contributed by atoms with Gasteiger partial charge in [-0.3, -0.25) is 4.79 Å². The molecule has 0 saturated carbocycles. The van der Waals surface area contributed by atoms with Crippen molar-refractivity contribution >= 4 is 5.91 Å². The number of carbonyl (C=O) groups is 1. The molecule has 0 aromatic heterocycles. The van der Waals surface area contributed by atoms with Gasteiger partial charge in [-0.1, -0.05) is 240 Å². The highest BCUT2D eigenvalue weighted by atomic mass is 16.7. The summed E-state index contributed by atoms with van der Waals surface area (Å²) in [5.74, 6) is -0.269. The first-order valence-electron chi connectivity index (χ1n) is 32.8. The fourth-order valence-corrected chi connectivity index (χ4v) is 10.3. The molecule has 0 spiro atoms. The highest BCUT2D eigenvalue weighted by Crippen LogP contribution is 2.30. The minimum absolute atomic E-state index is 0.249. The molecule has 2 heterocycles. The van der Waals surface area contributed by atoms with E-state index < -0.39 is 86.8 Å². The second-order valence-electron chi connectivity index (χ2n) is 22.8. The van der Waals surface area contributed by atoms with Gasteiger partial charge in [0.25, 0.3) is 0 Å². The summed E-state index contributed by atoms with van der Waals surface area (Å²) in [6.07, 6.45) is 54.9. The van der Waals surface area contributed by atoms with E-state index in [0.29, 0.717) is 12.8 Å². The number of carbonyl (C=O) groups excluding carboxylic acids is 1. The number of hydrogen-bond donors (Lipinski definition) is 9. The van der Waals surface area contributed by atoms with Gasteiger partial charge in [-0.05, 0) is 83.5 Å². The first kappa shape index (κ1) is 75.3. The maximum Gasteiger partial charge on any atom is 0.220 e. The molecule has 14 nitrogen and oxygen atoms in total. The predicted molar refractivity (Wildman–Crippen MR) is 332 cm³/mol. The molecule has 12 unspecified atom stereocenters.